The van der Waals surface area contributed by atoms with Gasteiger partial charge in [-0.05, 0) is 24.3 Å². The van der Waals surface area contributed by atoms with Gasteiger partial charge < -0.3 is 10.1 Å². The quantitative estimate of drug-likeness (QED) is 0.676. The number of anilines is 1. The van der Waals surface area contributed by atoms with Gasteiger partial charge in [0.25, 0.3) is 0 Å². The van der Waals surface area contributed by atoms with Gasteiger partial charge in [0.2, 0.25) is 0 Å². The molecule has 0 saturated carbocycles. The molecule has 0 radical (unpaired) electrons. The van der Waals surface area contributed by atoms with E-state index < -0.39 is 0 Å². The SMILES string of the molecule is C=C[C@@H](Cn1cc(-c2ccccc2)nn1)Nc1ccc(OC)cc1. The third kappa shape index (κ3) is 3.81. The van der Waals surface area contributed by atoms with Gasteiger partial charge in [0.15, 0.2) is 0 Å². The van der Waals surface area contributed by atoms with Gasteiger partial charge in [0.05, 0.1) is 25.9 Å². The Labute approximate surface area is 141 Å². The Balaban J connectivity index is 1.67. The van der Waals surface area contributed by atoms with Crippen LogP contribution in [0.15, 0.2) is 73.4 Å². The Morgan fingerprint density at radius 2 is 1.92 bits per heavy atom. The summed E-state index contributed by atoms with van der Waals surface area (Å²) in [6.07, 6.45) is 3.82. The molecule has 0 fully saturated rings. The van der Waals surface area contributed by atoms with Crippen molar-refractivity contribution in [1.29, 1.82) is 0 Å². The summed E-state index contributed by atoms with van der Waals surface area (Å²) in [5.41, 5.74) is 2.92. The van der Waals surface area contributed by atoms with Crippen LogP contribution in [-0.2, 0) is 6.54 Å². The molecule has 0 aliphatic heterocycles. The van der Waals surface area contributed by atoms with Gasteiger partial charge in [-0.2, -0.15) is 0 Å². The third-order valence-electron chi connectivity index (χ3n) is 3.72. The Morgan fingerprint density at radius 1 is 1.17 bits per heavy atom. The maximum atomic E-state index is 5.17. The normalized spacial score (nSPS) is 11.7. The van der Waals surface area contributed by atoms with Crippen molar-refractivity contribution in [3.63, 3.8) is 0 Å². The number of methoxy groups -OCH3 is 1. The van der Waals surface area contributed by atoms with E-state index in [1.54, 1.807) is 7.11 Å². The molecule has 0 saturated heterocycles. The molecule has 5 nitrogen and oxygen atoms in total. The van der Waals surface area contributed by atoms with Crippen LogP contribution in [0.25, 0.3) is 11.3 Å². The van der Waals surface area contributed by atoms with Crippen LogP contribution < -0.4 is 10.1 Å². The molecule has 122 valence electrons. The highest BCUT2D eigenvalue weighted by Crippen LogP contribution is 2.17. The van der Waals surface area contributed by atoms with Gasteiger partial charge >= 0.3 is 0 Å². The molecule has 24 heavy (non-hydrogen) atoms. The molecule has 1 heterocycles. The summed E-state index contributed by atoms with van der Waals surface area (Å²) in [5.74, 6) is 0.833. The molecule has 0 unspecified atom stereocenters. The number of hydrogen-bond acceptors (Lipinski definition) is 4. The fraction of sp³-hybridized carbons (Fsp3) is 0.158. The van der Waals surface area contributed by atoms with Gasteiger partial charge in [-0.3, -0.25) is 0 Å². The fourth-order valence-electron chi connectivity index (χ4n) is 2.41. The minimum atomic E-state index is 0.0451. The predicted molar refractivity (Wildman–Crippen MR) is 96.1 cm³/mol. The van der Waals surface area contributed by atoms with Gasteiger partial charge in [0.1, 0.15) is 11.4 Å². The number of rotatable bonds is 7. The first-order chi connectivity index (χ1) is 11.8. The largest absolute Gasteiger partial charge is 0.497 e. The average Bonchev–Trinajstić information content (AvgIpc) is 3.11. The highest BCUT2D eigenvalue weighted by Gasteiger charge is 2.09. The van der Waals surface area contributed by atoms with Crippen LogP contribution in [-0.4, -0.2) is 28.1 Å². The molecule has 0 spiro atoms. The van der Waals surface area contributed by atoms with E-state index in [0.29, 0.717) is 6.54 Å². The number of nitrogens with zero attached hydrogens (tertiary/aromatic N) is 3. The molecule has 3 rings (SSSR count). The van der Waals surface area contributed by atoms with E-state index in [0.717, 1.165) is 22.7 Å². The lowest BCUT2D eigenvalue weighted by Gasteiger charge is -2.16. The molecule has 1 N–H and O–H groups in total. The second-order valence-electron chi connectivity index (χ2n) is 5.41. The Morgan fingerprint density at radius 3 is 2.58 bits per heavy atom. The van der Waals surface area contributed by atoms with E-state index >= 15 is 0 Å². The monoisotopic (exact) mass is 320 g/mol. The van der Waals surface area contributed by atoms with Crippen molar-refractivity contribution in [1.82, 2.24) is 15.0 Å². The predicted octanol–water partition coefficient (Wildman–Crippen LogP) is 3.62. The minimum Gasteiger partial charge on any atom is -0.497 e. The van der Waals surface area contributed by atoms with Crippen LogP contribution >= 0.6 is 0 Å². The van der Waals surface area contributed by atoms with Gasteiger partial charge in [-0.15, -0.1) is 11.7 Å². The minimum absolute atomic E-state index is 0.0451. The molecule has 1 atom stereocenters. The highest BCUT2D eigenvalue weighted by atomic mass is 16.5. The first-order valence-electron chi connectivity index (χ1n) is 7.77. The first kappa shape index (κ1) is 15.8. The van der Waals surface area contributed by atoms with E-state index in [1.807, 2.05) is 71.6 Å². The van der Waals surface area contributed by atoms with Crippen LogP contribution in [0.3, 0.4) is 0 Å². The standard InChI is InChI=1S/C19H20N4O/c1-3-16(20-17-9-11-18(24-2)12-10-17)13-23-14-19(21-22-23)15-7-5-4-6-8-15/h3-12,14,16,20H,1,13H2,2H3/t16-/m0/s1. The smallest absolute Gasteiger partial charge is 0.119 e. The van der Waals surface area contributed by atoms with E-state index in [4.69, 9.17) is 4.74 Å². The van der Waals surface area contributed by atoms with E-state index in [-0.39, 0.29) is 6.04 Å². The molecule has 1 aromatic heterocycles. The molecular formula is C19H20N4O. The van der Waals surface area contributed by atoms with Crippen molar-refractivity contribution in [2.24, 2.45) is 0 Å². The molecule has 5 heteroatoms. The van der Waals surface area contributed by atoms with Crippen LogP contribution in [0.1, 0.15) is 0 Å². The maximum Gasteiger partial charge on any atom is 0.119 e. The summed E-state index contributed by atoms with van der Waals surface area (Å²) in [7, 11) is 1.66. The zero-order valence-electron chi connectivity index (χ0n) is 13.6. The second-order valence-corrected chi connectivity index (χ2v) is 5.41. The molecular weight excluding hydrogens is 300 g/mol. The number of hydrogen-bond donors (Lipinski definition) is 1. The fourth-order valence-corrected chi connectivity index (χ4v) is 2.41. The topological polar surface area (TPSA) is 52.0 Å². The maximum absolute atomic E-state index is 5.17. The second kappa shape index (κ2) is 7.46. The number of benzene rings is 2. The lowest BCUT2D eigenvalue weighted by Crippen LogP contribution is -2.23. The van der Waals surface area contributed by atoms with Crippen LogP contribution in [0, 0.1) is 0 Å². The summed E-state index contributed by atoms with van der Waals surface area (Å²) >= 11 is 0. The number of ether oxygens (including phenoxy) is 1. The van der Waals surface area contributed by atoms with Gasteiger partial charge in [0, 0.05) is 11.3 Å². The van der Waals surface area contributed by atoms with Crippen LogP contribution in [0.4, 0.5) is 5.69 Å². The number of aromatic nitrogens is 3. The summed E-state index contributed by atoms with van der Waals surface area (Å²) < 4.78 is 7.00. The molecule has 0 amide bonds. The zero-order valence-corrected chi connectivity index (χ0v) is 13.6. The van der Waals surface area contributed by atoms with Crippen molar-refractivity contribution in [3.05, 3.63) is 73.4 Å². The Hall–Kier alpha value is -3.08. The first-order valence-corrected chi connectivity index (χ1v) is 7.77. The van der Waals surface area contributed by atoms with Crippen LogP contribution in [0.2, 0.25) is 0 Å². The third-order valence-corrected chi connectivity index (χ3v) is 3.72. The average molecular weight is 320 g/mol. The molecule has 0 aliphatic rings. The summed E-state index contributed by atoms with van der Waals surface area (Å²) in [5, 5.41) is 11.9. The number of nitrogens with one attached hydrogen (secondary N) is 1. The Kier molecular flexibility index (Phi) is 4.91. The Bertz CT molecular complexity index is 781. The molecule has 3 aromatic rings. The molecule has 0 aliphatic carbocycles. The summed E-state index contributed by atoms with van der Waals surface area (Å²) in [6, 6.07) is 17.9. The van der Waals surface area contributed by atoms with Crippen molar-refractivity contribution < 1.29 is 4.74 Å². The van der Waals surface area contributed by atoms with Gasteiger partial charge in [-0.25, -0.2) is 4.68 Å². The van der Waals surface area contributed by atoms with Gasteiger partial charge in [-0.1, -0.05) is 41.6 Å². The summed E-state index contributed by atoms with van der Waals surface area (Å²) in [4.78, 5) is 0. The molecule has 2 aromatic carbocycles. The lowest BCUT2D eigenvalue weighted by molar-refractivity contribution is 0.415. The van der Waals surface area contributed by atoms with Crippen molar-refractivity contribution in [2.75, 3.05) is 12.4 Å². The summed E-state index contributed by atoms with van der Waals surface area (Å²) in [6.45, 7) is 4.55. The molecule has 0 bridgehead atoms. The van der Waals surface area contributed by atoms with Crippen LogP contribution in [0.5, 0.6) is 5.75 Å². The highest BCUT2D eigenvalue weighted by molar-refractivity contribution is 5.57. The van der Waals surface area contributed by atoms with E-state index in [9.17, 15) is 0 Å². The lowest BCUT2D eigenvalue weighted by atomic mass is 10.2. The van der Waals surface area contributed by atoms with Crippen molar-refractivity contribution >= 4 is 5.69 Å². The van der Waals surface area contributed by atoms with Crippen molar-refractivity contribution in [2.45, 2.75) is 12.6 Å². The van der Waals surface area contributed by atoms with Crippen molar-refractivity contribution in [3.8, 4) is 17.0 Å². The zero-order chi connectivity index (χ0) is 16.8. The van der Waals surface area contributed by atoms with E-state index in [1.165, 1.54) is 0 Å². The van der Waals surface area contributed by atoms with E-state index in [2.05, 4.69) is 22.2 Å².